The van der Waals surface area contributed by atoms with Crippen LogP contribution in [0.25, 0.3) is 12.2 Å². The van der Waals surface area contributed by atoms with Gasteiger partial charge in [-0.3, -0.25) is 14.8 Å². The van der Waals surface area contributed by atoms with Crippen molar-refractivity contribution >= 4 is 35.2 Å². The lowest BCUT2D eigenvalue weighted by Crippen LogP contribution is -2.14. The maximum absolute atomic E-state index is 13.9. The van der Waals surface area contributed by atoms with Gasteiger partial charge in [-0.2, -0.15) is 0 Å². The number of hydrogen-bond acceptors (Lipinski definition) is 4. The van der Waals surface area contributed by atoms with E-state index in [1.165, 1.54) is 47.2 Å². The first kappa shape index (κ1) is 15.8. The largest absolute Gasteiger partial charge is 0.288 e. The number of hydroxylamine groups is 1. The minimum atomic E-state index is -0.703. The zero-order chi connectivity index (χ0) is 15.9. The van der Waals surface area contributed by atoms with Crippen molar-refractivity contribution in [1.82, 2.24) is 5.48 Å². The van der Waals surface area contributed by atoms with E-state index in [1.807, 2.05) is 0 Å². The van der Waals surface area contributed by atoms with E-state index in [1.54, 1.807) is 23.6 Å². The Morgan fingerprint density at radius 2 is 2.00 bits per heavy atom. The fourth-order valence-electron chi connectivity index (χ4n) is 1.66. The molecule has 0 saturated heterocycles. The number of halogens is 1. The molecular weight excluding hydrogens is 305 g/mol. The lowest BCUT2D eigenvalue weighted by molar-refractivity contribution is -0.124. The van der Waals surface area contributed by atoms with Crippen LogP contribution in [0.2, 0.25) is 0 Å². The van der Waals surface area contributed by atoms with Crippen molar-refractivity contribution in [3.8, 4) is 0 Å². The van der Waals surface area contributed by atoms with Crippen LogP contribution in [0, 0.1) is 5.82 Å². The Bertz CT molecular complexity index is 736. The number of amides is 1. The molecular formula is C16H12FNO3S. The van der Waals surface area contributed by atoms with Crippen LogP contribution in [0.5, 0.6) is 0 Å². The molecule has 6 heteroatoms. The molecule has 0 saturated carbocycles. The molecule has 0 aliphatic heterocycles. The Morgan fingerprint density at radius 1 is 1.18 bits per heavy atom. The second kappa shape index (κ2) is 7.44. The van der Waals surface area contributed by atoms with Crippen LogP contribution in [0.1, 0.15) is 20.8 Å². The number of benzene rings is 1. The molecule has 0 aliphatic rings. The number of hydrogen-bond donors (Lipinski definition) is 2. The molecule has 1 amide bonds. The van der Waals surface area contributed by atoms with Crippen molar-refractivity contribution in [3.63, 3.8) is 0 Å². The average molecular weight is 317 g/mol. The highest BCUT2D eigenvalue weighted by Gasteiger charge is 2.04. The van der Waals surface area contributed by atoms with Crippen molar-refractivity contribution < 1.29 is 19.2 Å². The summed E-state index contributed by atoms with van der Waals surface area (Å²) in [6.45, 7) is 0. The van der Waals surface area contributed by atoms with Gasteiger partial charge in [0.1, 0.15) is 5.82 Å². The third kappa shape index (κ3) is 4.21. The van der Waals surface area contributed by atoms with Gasteiger partial charge in [0.05, 0.1) is 4.88 Å². The quantitative estimate of drug-likeness (QED) is 0.385. The maximum Gasteiger partial charge on any atom is 0.267 e. The maximum atomic E-state index is 13.9. The SMILES string of the molecule is O=C(/C=C/c1ccc(/C=C/C(=O)c2cccs2)c(F)c1)NO. The number of thiophene rings is 1. The smallest absolute Gasteiger partial charge is 0.267 e. The van der Waals surface area contributed by atoms with Crippen LogP contribution in [-0.4, -0.2) is 16.9 Å². The second-order valence-electron chi connectivity index (χ2n) is 4.27. The minimum absolute atomic E-state index is 0.182. The lowest BCUT2D eigenvalue weighted by atomic mass is 10.1. The molecule has 0 radical (unpaired) electrons. The number of rotatable bonds is 5. The van der Waals surface area contributed by atoms with Crippen LogP contribution in [0.15, 0.2) is 47.9 Å². The van der Waals surface area contributed by atoms with Crippen molar-refractivity contribution in [3.05, 3.63) is 69.7 Å². The molecule has 0 unspecified atom stereocenters. The van der Waals surface area contributed by atoms with Gasteiger partial charge in [0.15, 0.2) is 5.78 Å². The second-order valence-corrected chi connectivity index (χ2v) is 5.21. The summed E-state index contributed by atoms with van der Waals surface area (Å²) in [4.78, 5) is 23.2. The molecule has 0 aliphatic carbocycles. The van der Waals surface area contributed by atoms with Gasteiger partial charge in [0.25, 0.3) is 5.91 Å². The molecule has 1 heterocycles. The summed E-state index contributed by atoms with van der Waals surface area (Å²) in [5.74, 6) is -1.40. The molecule has 0 spiro atoms. The van der Waals surface area contributed by atoms with Gasteiger partial charge in [-0.15, -0.1) is 11.3 Å². The average Bonchev–Trinajstić information content (AvgIpc) is 3.05. The summed E-state index contributed by atoms with van der Waals surface area (Å²) in [6, 6.07) is 7.81. The summed E-state index contributed by atoms with van der Waals surface area (Å²) in [5, 5.41) is 10.1. The van der Waals surface area contributed by atoms with Crippen LogP contribution in [0.4, 0.5) is 4.39 Å². The molecule has 4 nitrogen and oxygen atoms in total. The number of ketones is 1. The fraction of sp³-hybridized carbons (Fsp3) is 0. The summed E-state index contributed by atoms with van der Waals surface area (Å²) in [5.41, 5.74) is 2.17. The Morgan fingerprint density at radius 3 is 2.64 bits per heavy atom. The topological polar surface area (TPSA) is 66.4 Å². The monoisotopic (exact) mass is 317 g/mol. The van der Waals surface area contributed by atoms with Gasteiger partial charge in [0, 0.05) is 11.6 Å². The molecule has 2 N–H and O–H groups in total. The van der Waals surface area contributed by atoms with Gasteiger partial charge < -0.3 is 0 Å². The Hall–Kier alpha value is -2.57. The predicted octanol–water partition coefficient (Wildman–Crippen LogP) is 3.30. The number of carbonyl (C=O) groups excluding carboxylic acids is 2. The van der Waals surface area contributed by atoms with Crippen LogP contribution >= 0.6 is 11.3 Å². The highest BCUT2D eigenvalue weighted by atomic mass is 32.1. The van der Waals surface area contributed by atoms with Crippen LogP contribution in [-0.2, 0) is 4.79 Å². The third-order valence-electron chi connectivity index (χ3n) is 2.74. The predicted molar refractivity (Wildman–Crippen MR) is 83.0 cm³/mol. The Kier molecular flexibility index (Phi) is 5.35. The van der Waals surface area contributed by atoms with E-state index in [0.29, 0.717) is 10.4 Å². The van der Waals surface area contributed by atoms with E-state index < -0.39 is 11.7 Å². The van der Waals surface area contributed by atoms with E-state index in [-0.39, 0.29) is 11.3 Å². The molecule has 2 aromatic rings. The number of carbonyl (C=O) groups is 2. The van der Waals surface area contributed by atoms with Crippen LogP contribution in [0.3, 0.4) is 0 Å². The summed E-state index contributed by atoms with van der Waals surface area (Å²) >= 11 is 1.32. The fourth-order valence-corrected chi connectivity index (χ4v) is 2.30. The first-order valence-corrected chi connectivity index (χ1v) is 7.16. The summed E-state index contributed by atoms with van der Waals surface area (Å²) in [7, 11) is 0. The molecule has 2 rings (SSSR count). The molecule has 0 fully saturated rings. The Balaban J connectivity index is 2.11. The molecule has 0 bridgehead atoms. The van der Waals surface area contributed by atoms with Crippen molar-refractivity contribution in [1.29, 1.82) is 0 Å². The van der Waals surface area contributed by atoms with Crippen LogP contribution < -0.4 is 5.48 Å². The number of nitrogens with one attached hydrogen (secondary N) is 1. The first-order valence-electron chi connectivity index (χ1n) is 6.28. The molecule has 0 atom stereocenters. The highest BCUT2D eigenvalue weighted by Crippen LogP contribution is 2.15. The molecule has 1 aromatic carbocycles. The lowest BCUT2D eigenvalue weighted by Gasteiger charge is -1.99. The normalized spacial score (nSPS) is 11.2. The summed E-state index contributed by atoms with van der Waals surface area (Å²) < 4.78 is 13.9. The molecule has 112 valence electrons. The first-order chi connectivity index (χ1) is 10.6. The van der Waals surface area contributed by atoms with Crippen molar-refractivity contribution in [2.45, 2.75) is 0 Å². The van der Waals surface area contributed by atoms with Gasteiger partial charge in [-0.25, -0.2) is 9.87 Å². The Labute approximate surface area is 130 Å². The van der Waals surface area contributed by atoms with Gasteiger partial charge >= 0.3 is 0 Å². The van der Waals surface area contributed by atoms with E-state index >= 15 is 0 Å². The van der Waals surface area contributed by atoms with E-state index in [9.17, 15) is 14.0 Å². The zero-order valence-electron chi connectivity index (χ0n) is 11.3. The van der Waals surface area contributed by atoms with E-state index in [2.05, 4.69) is 0 Å². The minimum Gasteiger partial charge on any atom is -0.288 e. The zero-order valence-corrected chi connectivity index (χ0v) is 12.1. The van der Waals surface area contributed by atoms with E-state index in [4.69, 9.17) is 5.21 Å². The van der Waals surface area contributed by atoms with Crippen molar-refractivity contribution in [2.75, 3.05) is 0 Å². The summed E-state index contributed by atoms with van der Waals surface area (Å²) in [6.07, 6.45) is 5.16. The number of allylic oxidation sites excluding steroid dienone is 1. The van der Waals surface area contributed by atoms with Gasteiger partial charge in [-0.05, 0) is 41.3 Å². The third-order valence-corrected chi connectivity index (χ3v) is 3.62. The van der Waals surface area contributed by atoms with Gasteiger partial charge in [0.2, 0.25) is 0 Å². The van der Waals surface area contributed by atoms with Gasteiger partial charge in [-0.1, -0.05) is 18.2 Å². The standard InChI is InChI=1S/C16H12FNO3S/c17-13-10-11(4-8-16(20)18-21)3-5-12(13)6-7-14(19)15-2-1-9-22-15/h1-10,21H,(H,18,20)/b7-6+,8-4+. The molecule has 1 aromatic heterocycles. The molecule has 22 heavy (non-hydrogen) atoms. The highest BCUT2D eigenvalue weighted by molar-refractivity contribution is 7.12. The van der Waals surface area contributed by atoms with E-state index in [0.717, 1.165) is 6.08 Å². The van der Waals surface area contributed by atoms with Crippen molar-refractivity contribution in [2.24, 2.45) is 0 Å².